The number of likely N-dealkylation sites (tertiary alicyclic amines) is 1. The smallest absolute Gasteiger partial charge is 0.125 e. The highest BCUT2D eigenvalue weighted by molar-refractivity contribution is 5.39. The summed E-state index contributed by atoms with van der Waals surface area (Å²) in [5.74, 6) is 1.03. The first-order valence-corrected chi connectivity index (χ1v) is 7.17. The van der Waals surface area contributed by atoms with Crippen molar-refractivity contribution in [1.29, 1.82) is 0 Å². The van der Waals surface area contributed by atoms with Crippen molar-refractivity contribution in [3.8, 4) is 5.75 Å². The summed E-state index contributed by atoms with van der Waals surface area (Å²) in [6, 6.07) is 6.26. The summed E-state index contributed by atoms with van der Waals surface area (Å²) in [5.41, 5.74) is 8.82. The zero-order chi connectivity index (χ0) is 13.9. The number of aryl methyl sites for hydroxylation is 2. The normalized spacial score (nSPS) is 19.4. The fraction of sp³-hybridized carbons (Fsp3) is 0.625. The predicted molar refractivity (Wildman–Crippen MR) is 79.7 cm³/mol. The van der Waals surface area contributed by atoms with E-state index in [0.29, 0.717) is 6.61 Å². The number of ether oxygens (including phenoxy) is 1. The fourth-order valence-corrected chi connectivity index (χ4v) is 2.70. The zero-order valence-corrected chi connectivity index (χ0v) is 12.4. The lowest BCUT2D eigenvalue weighted by atomic mass is 9.86. The molecule has 0 aromatic heterocycles. The van der Waals surface area contributed by atoms with Crippen LogP contribution in [0, 0.1) is 13.8 Å². The van der Waals surface area contributed by atoms with E-state index in [1.54, 1.807) is 0 Å². The van der Waals surface area contributed by atoms with Gasteiger partial charge in [-0.3, -0.25) is 0 Å². The van der Waals surface area contributed by atoms with Crippen LogP contribution >= 0.6 is 0 Å². The van der Waals surface area contributed by atoms with Crippen molar-refractivity contribution in [1.82, 2.24) is 4.90 Å². The van der Waals surface area contributed by atoms with E-state index in [-0.39, 0.29) is 5.54 Å². The molecule has 1 fully saturated rings. The van der Waals surface area contributed by atoms with Crippen molar-refractivity contribution in [2.45, 2.75) is 38.6 Å². The van der Waals surface area contributed by atoms with E-state index in [2.05, 4.69) is 44.0 Å². The molecule has 0 atom stereocenters. The first-order valence-electron chi connectivity index (χ1n) is 7.17. The van der Waals surface area contributed by atoms with Crippen LogP contribution in [0.5, 0.6) is 5.75 Å². The van der Waals surface area contributed by atoms with Crippen LogP contribution in [0.4, 0.5) is 0 Å². The second kappa shape index (κ2) is 5.93. The van der Waals surface area contributed by atoms with Crippen LogP contribution in [0.25, 0.3) is 0 Å². The third-order valence-electron chi connectivity index (χ3n) is 4.24. The fourth-order valence-electron chi connectivity index (χ4n) is 2.70. The van der Waals surface area contributed by atoms with Gasteiger partial charge in [0.25, 0.3) is 0 Å². The maximum absolute atomic E-state index is 6.45. The van der Waals surface area contributed by atoms with Crippen LogP contribution in [0.15, 0.2) is 18.2 Å². The van der Waals surface area contributed by atoms with E-state index in [4.69, 9.17) is 10.5 Å². The van der Waals surface area contributed by atoms with E-state index in [1.807, 2.05) is 0 Å². The van der Waals surface area contributed by atoms with Crippen LogP contribution in [0.2, 0.25) is 0 Å². The first kappa shape index (κ1) is 14.4. The Labute approximate surface area is 116 Å². The summed E-state index contributed by atoms with van der Waals surface area (Å²) < 4.78 is 5.97. The maximum Gasteiger partial charge on any atom is 0.125 e. The van der Waals surface area contributed by atoms with Gasteiger partial charge in [0.2, 0.25) is 0 Å². The van der Waals surface area contributed by atoms with Crippen LogP contribution in [-0.2, 0) is 0 Å². The van der Waals surface area contributed by atoms with Gasteiger partial charge in [-0.2, -0.15) is 0 Å². The highest BCUT2D eigenvalue weighted by Gasteiger charge is 2.29. The number of nitrogens with zero attached hydrogens (tertiary/aromatic N) is 1. The Morgan fingerprint density at radius 1 is 1.21 bits per heavy atom. The Hall–Kier alpha value is -1.06. The van der Waals surface area contributed by atoms with E-state index < -0.39 is 0 Å². The third-order valence-corrected chi connectivity index (χ3v) is 4.24. The molecule has 0 unspecified atom stereocenters. The first-order chi connectivity index (χ1) is 9.00. The standard InChI is InChI=1S/C16H26N2O/c1-13-5-4-6-14(2)15(13)19-12-9-16(17)7-10-18(3)11-8-16/h4-6H,7-12,17H2,1-3H3. The molecule has 2 rings (SSSR count). The van der Waals surface area contributed by atoms with Gasteiger partial charge in [-0.15, -0.1) is 0 Å². The summed E-state index contributed by atoms with van der Waals surface area (Å²) in [4.78, 5) is 2.34. The van der Waals surface area contributed by atoms with E-state index in [1.165, 1.54) is 11.1 Å². The third kappa shape index (κ3) is 3.71. The molecule has 0 aliphatic carbocycles. The van der Waals surface area contributed by atoms with Gasteiger partial charge in [0.1, 0.15) is 5.75 Å². The molecule has 1 aromatic carbocycles. The lowest BCUT2D eigenvalue weighted by molar-refractivity contribution is 0.159. The van der Waals surface area contributed by atoms with Gasteiger partial charge < -0.3 is 15.4 Å². The highest BCUT2D eigenvalue weighted by atomic mass is 16.5. The molecule has 1 heterocycles. The Balaban J connectivity index is 1.86. The largest absolute Gasteiger partial charge is 0.493 e. The van der Waals surface area contributed by atoms with Gasteiger partial charge >= 0.3 is 0 Å². The number of rotatable bonds is 4. The van der Waals surface area contributed by atoms with Crippen molar-refractivity contribution in [3.63, 3.8) is 0 Å². The number of para-hydroxylation sites is 1. The molecule has 19 heavy (non-hydrogen) atoms. The lowest BCUT2D eigenvalue weighted by Crippen LogP contribution is -2.50. The SMILES string of the molecule is Cc1cccc(C)c1OCCC1(N)CCN(C)CC1. The molecule has 1 aliphatic heterocycles. The van der Waals surface area contributed by atoms with Crippen LogP contribution in [0.3, 0.4) is 0 Å². The average Bonchev–Trinajstić information content (AvgIpc) is 2.37. The van der Waals surface area contributed by atoms with Gasteiger partial charge in [-0.1, -0.05) is 18.2 Å². The topological polar surface area (TPSA) is 38.5 Å². The second-order valence-electron chi connectivity index (χ2n) is 5.99. The molecule has 1 aromatic rings. The molecule has 106 valence electrons. The molecule has 1 aliphatic rings. The van der Waals surface area contributed by atoms with Crippen LogP contribution < -0.4 is 10.5 Å². The average molecular weight is 262 g/mol. The van der Waals surface area contributed by atoms with Crippen LogP contribution in [0.1, 0.15) is 30.4 Å². The van der Waals surface area contributed by atoms with Gasteiger partial charge in [0.05, 0.1) is 6.61 Å². The maximum atomic E-state index is 6.45. The minimum absolute atomic E-state index is 0.0386. The lowest BCUT2D eigenvalue weighted by Gasteiger charge is -2.37. The summed E-state index contributed by atoms with van der Waals surface area (Å²) >= 11 is 0. The Morgan fingerprint density at radius 2 is 1.79 bits per heavy atom. The number of hydrogen-bond acceptors (Lipinski definition) is 3. The molecule has 3 heteroatoms. The summed E-state index contributed by atoms with van der Waals surface area (Å²) in [5, 5.41) is 0. The molecular weight excluding hydrogens is 236 g/mol. The number of hydrogen-bond donors (Lipinski definition) is 1. The molecule has 0 radical (unpaired) electrons. The number of benzene rings is 1. The zero-order valence-electron chi connectivity index (χ0n) is 12.4. The minimum Gasteiger partial charge on any atom is -0.493 e. The van der Waals surface area contributed by atoms with Gasteiger partial charge in [0, 0.05) is 5.54 Å². The molecular formula is C16H26N2O. The molecule has 0 amide bonds. The molecule has 1 saturated heterocycles. The van der Waals surface area contributed by atoms with Crippen molar-refractivity contribution >= 4 is 0 Å². The molecule has 2 N–H and O–H groups in total. The number of piperidine rings is 1. The quantitative estimate of drug-likeness (QED) is 0.906. The van der Waals surface area contributed by atoms with Crippen molar-refractivity contribution < 1.29 is 4.74 Å². The van der Waals surface area contributed by atoms with Crippen molar-refractivity contribution in [2.75, 3.05) is 26.7 Å². The molecule has 0 spiro atoms. The van der Waals surface area contributed by atoms with Gasteiger partial charge in [-0.25, -0.2) is 0 Å². The van der Waals surface area contributed by atoms with Crippen molar-refractivity contribution in [2.24, 2.45) is 5.73 Å². The predicted octanol–water partition coefficient (Wildman–Crippen LogP) is 2.50. The van der Waals surface area contributed by atoms with Gasteiger partial charge in [-0.05, 0) is 64.4 Å². The number of nitrogens with two attached hydrogens (primary N) is 1. The molecule has 0 bridgehead atoms. The Morgan fingerprint density at radius 3 is 2.37 bits per heavy atom. The molecule has 0 saturated carbocycles. The van der Waals surface area contributed by atoms with E-state index >= 15 is 0 Å². The van der Waals surface area contributed by atoms with Crippen molar-refractivity contribution in [3.05, 3.63) is 29.3 Å². The van der Waals surface area contributed by atoms with E-state index in [0.717, 1.165) is 38.1 Å². The summed E-state index contributed by atoms with van der Waals surface area (Å²) in [6.07, 6.45) is 3.08. The summed E-state index contributed by atoms with van der Waals surface area (Å²) in [6.45, 7) is 7.10. The van der Waals surface area contributed by atoms with E-state index in [9.17, 15) is 0 Å². The Kier molecular flexibility index (Phi) is 4.48. The Bertz CT molecular complexity index is 403. The highest BCUT2D eigenvalue weighted by Crippen LogP contribution is 2.25. The second-order valence-corrected chi connectivity index (χ2v) is 5.99. The van der Waals surface area contributed by atoms with Gasteiger partial charge in [0.15, 0.2) is 0 Å². The van der Waals surface area contributed by atoms with Crippen LogP contribution in [-0.4, -0.2) is 37.2 Å². The summed E-state index contributed by atoms with van der Waals surface area (Å²) in [7, 11) is 2.16. The molecule has 3 nitrogen and oxygen atoms in total. The minimum atomic E-state index is -0.0386. The monoisotopic (exact) mass is 262 g/mol.